The summed E-state index contributed by atoms with van der Waals surface area (Å²) in [6.07, 6.45) is 5.16. The van der Waals surface area contributed by atoms with Crippen molar-refractivity contribution in [3.63, 3.8) is 0 Å². The third kappa shape index (κ3) is 4.08. The lowest BCUT2D eigenvalue weighted by molar-refractivity contribution is 0.343. The molecule has 9 nitrogen and oxygen atoms in total. The molecule has 2 saturated heterocycles. The average Bonchev–Trinajstić information content (AvgIpc) is 3.24. The van der Waals surface area contributed by atoms with Crippen molar-refractivity contribution in [1.82, 2.24) is 23.6 Å². The number of hydrogen-bond donors (Lipinski definition) is 1. The quantitative estimate of drug-likeness (QED) is 0.806. The van der Waals surface area contributed by atoms with Crippen LogP contribution >= 0.6 is 0 Å². The van der Waals surface area contributed by atoms with Crippen LogP contribution in [-0.4, -0.2) is 71.2 Å². The zero-order valence-corrected chi connectivity index (χ0v) is 16.8. The molecule has 1 N–H and O–H groups in total. The van der Waals surface area contributed by atoms with Crippen molar-refractivity contribution < 1.29 is 8.42 Å². The largest absolute Gasteiger partial charge is 0.354 e. The highest BCUT2D eigenvalue weighted by Crippen LogP contribution is 2.22. The first-order valence-electron chi connectivity index (χ1n) is 9.54. The van der Waals surface area contributed by atoms with E-state index in [1.165, 1.54) is 6.33 Å². The van der Waals surface area contributed by atoms with Crippen LogP contribution in [0.25, 0.3) is 0 Å². The molecule has 0 amide bonds. The molecule has 150 valence electrons. The van der Waals surface area contributed by atoms with Gasteiger partial charge in [-0.05, 0) is 37.5 Å². The summed E-state index contributed by atoms with van der Waals surface area (Å²) in [6.45, 7) is 5.41. The number of nitrogens with zero attached hydrogens (tertiary/aromatic N) is 6. The number of hydrogen-bond acceptors (Lipinski definition) is 7. The Kier molecular flexibility index (Phi) is 5.42. The van der Waals surface area contributed by atoms with Crippen molar-refractivity contribution in [2.24, 2.45) is 0 Å². The molecule has 2 aliphatic heterocycles. The summed E-state index contributed by atoms with van der Waals surface area (Å²) in [6, 6.07) is 5.75. The first-order chi connectivity index (χ1) is 13.5. The zero-order valence-electron chi connectivity index (χ0n) is 16.0. The summed E-state index contributed by atoms with van der Waals surface area (Å²) in [7, 11) is -3.33. The highest BCUT2D eigenvalue weighted by Gasteiger charge is 2.34. The van der Waals surface area contributed by atoms with Crippen molar-refractivity contribution in [1.29, 1.82) is 0 Å². The molecule has 0 aliphatic carbocycles. The molecular weight excluding hydrogens is 378 g/mol. The number of aryl methyl sites for hydroxylation is 1. The second-order valence-electron chi connectivity index (χ2n) is 7.10. The Labute approximate surface area is 165 Å². The molecule has 2 aromatic rings. The Balaban J connectivity index is 1.41. The van der Waals surface area contributed by atoms with E-state index >= 15 is 0 Å². The molecule has 0 saturated carbocycles. The van der Waals surface area contributed by atoms with Gasteiger partial charge in [-0.3, -0.25) is 0 Å². The van der Waals surface area contributed by atoms with Gasteiger partial charge in [0.05, 0.1) is 0 Å². The van der Waals surface area contributed by atoms with Crippen molar-refractivity contribution in [2.75, 3.05) is 49.5 Å². The maximum atomic E-state index is 12.7. The minimum absolute atomic E-state index is 0.463. The van der Waals surface area contributed by atoms with E-state index in [1.807, 2.05) is 25.1 Å². The van der Waals surface area contributed by atoms with E-state index < -0.39 is 10.2 Å². The Hall–Kier alpha value is -2.30. The number of piperazine rings is 1. The molecule has 0 unspecified atom stereocenters. The Bertz CT molecular complexity index is 923. The predicted molar refractivity (Wildman–Crippen MR) is 108 cm³/mol. The summed E-state index contributed by atoms with van der Waals surface area (Å²) < 4.78 is 28.6. The molecule has 4 heterocycles. The Morgan fingerprint density at radius 3 is 2.29 bits per heavy atom. The van der Waals surface area contributed by atoms with Gasteiger partial charge in [-0.25, -0.2) is 15.0 Å². The standard InChI is InChI=1S/C18H25N7O2S/c1-15-4-5-19-16(12-15)22-17-13-18(21-14-20-17)23-8-10-25(11-9-23)28(26,27)24-6-2-3-7-24/h4-5,12-14H,2-3,6-11H2,1H3,(H,19,20,21,22). The summed E-state index contributed by atoms with van der Waals surface area (Å²) in [4.78, 5) is 15.0. The molecule has 0 radical (unpaired) electrons. The molecule has 2 aromatic heterocycles. The SMILES string of the molecule is Cc1ccnc(Nc2cc(N3CCN(S(=O)(=O)N4CCCC4)CC3)ncn2)c1. The first kappa shape index (κ1) is 19.0. The van der Waals surface area contributed by atoms with Crippen LogP contribution in [0.15, 0.2) is 30.7 Å². The van der Waals surface area contributed by atoms with Crippen LogP contribution in [0.2, 0.25) is 0 Å². The van der Waals surface area contributed by atoms with Gasteiger partial charge in [-0.2, -0.15) is 17.0 Å². The highest BCUT2D eigenvalue weighted by molar-refractivity contribution is 7.86. The number of aromatic nitrogens is 3. The van der Waals surface area contributed by atoms with Gasteiger partial charge in [0.15, 0.2) is 0 Å². The second-order valence-corrected chi connectivity index (χ2v) is 9.03. The fourth-order valence-electron chi connectivity index (χ4n) is 3.55. The summed E-state index contributed by atoms with van der Waals surface area (Å²) in [5.41, 5.74) is 1.11. The normalized spacial score (nSPS) is 19.1. The Morgan fingerprint density at radius 1 is 0.893 bits per heavy atom. The van der Waals surface area contributed by atoms with Gasteiger partial charge in [0.1, 0.15) is 23.8 Å². The number of nitrogens with one attached hydrogen (secondary N) is 1. The third-order valence-corrected chi connectivity index (χ3v) is 7.14. The first-order valence-corrected chi connectivity index (χ1v) is 10.9. The van der Waals surface area contributed by atoms with Gasteiger partial charge < -0.3 is 10.2 Å². The topological polar surface area (TPSA) is 94.6 Å². The molecular formula is C18H25N7O2S. The van der Waals surface area contributed by atoms with E-state index in [-0.39, 0.29) is 0 Å². The molecule has 10 heteroatoms. The molecule has 2 fully saturated rings. The Morgan fingerprint density at radius 2 is 1.57 bits per heavy atom. The molecule has 0 aromatic carbocycles. The molecule has 2 aliphatic rings. The molecule has 28 heavy (non-hydrogen) atoms. The van der Waals surface area contributed by atoms with Crippen molar-refractivity contribution in [3.05, 3.63) is 36.3 Å². The average molecular weight is 404 g/mol. The second kappa shape index (κ2) is 7.98. The van der Waals surface area contributed by atoms with Gasteiger partial charge in [0.25, 0.3) is 10.2 Å². The van der Waals surface area contributed by atoms with E-state index in [9.17, 15) is 8.42 Å². The van der Waals surface area contributed by atoms with Gasteiger partial charge in [0.2, 0.25) is 0 Å². The van der Waals surface area contributed by atoms with E-state index in [1.54, 1.807) is 14.8 Å². The smallest absolute Gasteiger partial charge is 0.282 e. The van der Waals surface area contributed by atoms with Crippen LogP contribution in [0, 0.1) is 6.92 Å². The predicted octanol–water partition coefficient (Wildman–Crippen LogP) is 1.39. The van der Waals surface area contributed by atoms with Gasteiger partial charge in [-0.15, -0.1) is 0 Å². The minimum atomic E-state index is -3.33. The summed E-state index contributed by atoms with van der Waals surface area (Å²) in [5, 5.41) is 3.19. The number of pyridine rings is 1. The van der Waals surface area contributed by atoms with Crippen molar-refractivity contribution in [2.45, 2.75) is 19.8 Å². The van der Waals surface area contributed by atoms with Crippen LogP contribution in [-0.2, 0) is 10.2 Å². The van der Waals surface area contributed by atoms with Crippen LogP contribution in [0.3, 0.4) is 0 Å². The van der Waals surface area contributed by atoms with E-state index in [2.05, 4.69) is 25.2 Å². The molecule has 4 rings (SSSR count). The van der Waals surface area contributed by atoms with Gasteiger partial charge in [-0.1, -0.05) is 0 Å². The summed E-state index contributed by atoms with van der Waals surface area (Å²) >= 11 is 0. The highest BCUT2D eigenvalue weighted by atomic mass is 32.2. The monoisotopic (exact) mass is 403 g/mol. The van der Waals surface area contributed by atoms with Crippen LogP contribution in [0.1, 0.15) is 18.4 Å². The van der Waals surface area contributed by atoms with Crippen molar-refractivity contribution >= 4 is 27.7 Å². The van der Waals surface area contributed by atoms with Gasteiger partial charge in [0, 0.05) is 51.5 Å². The minimum Gasteiger partial charge on any atom is -0.354 e. The molecule has 0 atom stereocenters. The number of anilines is 3. The van der Waals surface area contributed by atoms with Crippen LogP contribution in [0.5, 0.6) is 0 Å². The van der Waals surface area contributed by atoms with E-state index in [0.717, 1.165) is 30.0 Å². The maximum Gasteiger partial charge on any atom is 0.282 e. The lowest BCUT2D eigenvalue weighted by Gasteiger charge is -2.36. The molecule has 0 bridgehead atoms. The van der Waals surface area contributed by atoms with Crippen LogP contribution < -0.4 is 10.2 Å². The molecule has 0 spiro atoms. The zero-order chi connectivity index (χ0) is 19.6. The maximum absolute atomic E-state index is 12.7. The lowest BCUT2D eigenvalue weighted by Crippen LogP contribution is -2.52. The fraction of sp³-hybridized carbons (Fsp3) is 0.500. The van der Waals surface area contributed by atoms with Crippen molar-refractivity contribution in [3.8, 4) is 0 Å². The van der Waals surface area contributed by atoms with E-state index in [0.29, 0.717) is 45.1 Å². The third-order valence-electron chi connectivity index (χ3n) is 5.10. The fourth-order valence-corrected chi connectivity index (χ4v) is 5.23. The number of rotatable bonds is 5. The summed E-state index contributed by atoms with van der Waals surface area (Å²) in [5.74, 6) is 2.17. The van der Waals surface area contributed by atoms with E-state index in [4.69, 9.17) is 0 Å². The van der Waals surface area contributed by atoms with Gasteiger partial charge >= 0.3 is 0 Å². The van der Waals surface area contributed by atoms with Crippen LogP contribution in [0.4, 0.5) is 17.5 Å². The lowest BCUT2D eigenvalue weighted by atomic mass is 10.3.